The highest BCUT2D eigenvalue weighted by Crippen LogP contribution is 2.33. The van der Waals surface area contributed by atoms with Gasteiger partial charge in [-0.15, -0.1) is 0 Å². The fourth-order valence-corrected chi connectivity index (χ4v) is 2.91. The standard InChI is InChI=1S/C12H7Cl2N3O2S/c13-9-5-15-12(14)16-11(9)8-6-17(20(18)19)10-4-2-1-3-7(8)10/h1-6,20H. The maximum absolute atomic E-state index is 11.3. The van der Waals surface area contributed by atoms with Gasteiger partial charge in [-0.2, -0.15) is 0 Å². The van der Waals surface area contributed by atoms with Crippen molar-refractivity contribution >= 4 is 45.0 Å². The van der Waals surface area contributed by atoms with Gasteiger partial charge in [0.2, 0.25) is 16.2 Å². The van der Waals surface area contributed by atoms with Crippen molar-refractivity contribution in [3.63, 3.8) is 0 Å². The summed E-state index contributed by atoms with van der Waals surface area (Å²) in [6, 6.07) is 7.08. The van der Waals surface area contributed by atoms with E-state index < -0.39 is 10.9 Å². The van der Waals surface area contributed by atoms with Crippen molar-refractivity contribution in [3.05, 3.63) is 47.0 Å². The Morgan fingerprint density at radius 3 is 2.65 bits per heavy atom. The van der Waals surface area contributed by atoms with Crippen LogP contribution in [0.1, 0.15) is 0 Å². The van der Waals surface area contributed by atoms with E-state index in [1.54, 1.807) is 18.2 Å². The Labute approximate surface area is 125 Å². The molecular weight excluding hydrogens is 321 g/mol. The van der Waals surface area contributed by atoms with Crippen molar-refractivity contribution < 1.29 is 8.42 Å². The lowest BCUT2D eigenvalue weighted by molar-refractivity contribution is 0.608. The molecule has 20 heavy (non-hydrogen) atoms. The van der Waals surface area contributed by atoms with Crippen molar-refractivity contribution in [1.29, 1.82) is 0 Å². The zero-order valence-corrected chi connectivity index (χ0v) is 12.2. The number of hydrogen-bond donors (Lipinski definition) is 1. The summed E-state index contributed by atoms with van der Waals surface area (Å²) >= 11 is 11.9. The Balaban J connectivity index is 2.40. The molecule has 0 unspecified atom stereocenters. The molecule has 0 saturated carbocycles. The molecular formula is C12H7Cl2N3O2S. The predicted octanol–water partition coefficient (Wildman–Crippen LogP) is 2.78. The van der Waals surface area contributed by atoms with Crippen LogP contribution in [0.5, 0.6) is 0 Å². The zero-order chi connectivity index (χ0) is 14.3. The number of thiol groups is 1. The molecule has 0 aliphatic carbocycles. The maximum Gasteiger partial charge on any atom is 0.228 e. The Kier molecular flexibility index (Phi) is 3.37. The second-order valence-corrected chi connectivity index (χ2v) is 5.63. The van der Waals surface area contributed by atoms with Gasteiger partial charge in [0.05, 0.1) is 22.4 Å². The van der Waals surface area contributed by atoms with E-state index in [0.717, 1.165) is 9.36 Å². The lowest BCUT2D eigenvalue weighted by atomic mass is 10.1. The van der Waals surface area contributed by atoms with Crippen LogP contribution >= 0.6 is 23.2 Å². The molecule has 2 aromatic heterocycles. The van der Waals surface area contributed by atoms with Gasteiger partial charge in [-0.05, 0) is 17.7 Å². The van der Waals surface area contributed by atoms with Gasteiger partial charge in [0.25, 0.3) is 0 Å². The number of nitrogens with zero attached hydrogens (tertiary/aromatic N) is 3. The summed E-state index contributed by atoms with van der Waals surface area (Å²) < 4.78 is 23.8. The van der Waals surface area contributed by atoms with Crippen LogP contribution in [-0.4, -0.2) is 22.4 Å². The molecule has 0 aliphatic rings. The molecule has 0 fully saturated rings. The molecule has 1 aromatic carbocycles. The molecule has 0 amide bonds. The first kappa shape index (κ1) is 13.4. The highest BCUT2D eigenvalue weighted by atomic mass is 35.5. The SMILES string of the molecule is O=[SH](=O)n1cc(-c2nc(Cl)ncc2Cl)c2ccccc21. The Hall–Kier alpha value is -1.63. The summed E-state index contributed by atoms with van der Waals surface area (Å²) in [4.78, 5) is 7.86. The first-order valence-corrected chi connectivity index (χ1v) is 7.39. The molecule has 0 saturated heterocycles. The smallest absolute Gasteiger partial charge is 0.228 e. The minimum atomic E-state index is -2.79. The first-order chi connectivity index (χ1) is 9.58. The third-order valence-electron chi connectivity index (χ3n) is 2.84. The number of para-hydroxylation sites is 1. The number of aromatic nitrogens is 3. The number of halogens is 2. The number of fused-ring (bicyclic) bond motifs is 1. The van der Waals surface area contributed by atoms with Gasteiger partial charge in [0.1, 0.15) is 0 Å². The summed E-state index contributed by atoms with van der Waals surface area (Å²) in [5.41, 5.74) is 1.55. The molecule has 0 radical (unpaired) electrons. The van der Waals surface area contributed by atoms with Gasteiger partial charge in [0.15, 0.2) is 0 Å². The molecule has 0 N–H and O–H groups in total. The minimum Gasteiger partial charge on any atom is -0.247 e. The molecule has 5 nitrogen and oxygen atoms in total. The molecule has 102 valence electrons. The average Bonchev–Trinajstić information content (AvgIpc) is 2.81. The van der Waals surface area contributed by atoms with Crippen LogP contribution in [-0.2, 0) is 10.9 Å². The summed E-state index contributed by atoms with van der Waals surface area (Å²) in [6.45, 7) is 0. The molecule has 0 atom stereocenters. The normalized spacial score (nSPS) is 11.3. The molecule has 3 aromatic rings. The van der Waals surface area contributed by atoms with Crippen molar-refractivity contribution in [3.8, 4) is 11.3 Å². The lowest BCUT2D eigenvalue weighted by Gasteiger charge is -2.01. The van der Waals surface area contributed by atoms with Crippen molar-refractivity contribution in [2.45, 2.75) is 0 Å². The predicted molar refractivity (Wildman–Crippen MR) is 78.7 cm³/mol. The van der Waals surface area contributed by atoms with Crippen molar-refractivity contribution in [2.24, 2.45) is 0 Å². The van der Waals surface area contributed by atoms with E-state index in [9.17, 15) is 8.42 Å². The topological polar surface area (TPSA) is 64.8 Å². The summed E-state index contributed by atoms with van der Waals surface area (Å²) in [6.07, 6.45) is 2.86. The van der Waals surface area contributed by atoms with E-state index in [4.69, 9.17) is 23.2 Å². The molecule has 3 rings (SSSR count). The fourth-order valence-electron chi connectivity index (χ4n) is 2.02. The summed E-state index contributed by atoms with van der Waals surface area (Å²) in [5, 5.41) is 1.08. The molecule has 8 heteroatoms. The third kappa shape index (κ3) is 2.15. The summed E-state index contributed by atoms with van der Waals surface area (Å²) in [5.74, 6) is 0. The Morgan fingerprint density at radius 2 is 1.90 bits per heavy atom. The number of rotatable bonds is 2. The second-order valence-electron chi connectivity index (χ2n) is 3.98. The largest absolute Gasteiger partial charge is 0.247 e. The van der Waals surface area contributed by atoms with Gasteiger partial charge in [-0.3, -0.25) is 0 Å². The van der Waals surface area contributed by atoms with E-state index in [1.165, 1.54) is 12.4 Å². The van der Waals surface area contributed by atoms with Crippen LogP contribution in [0.25, 0.3) is 22.2 Å². The van der Waals surface area contributed by atoms with Crippen molar-refractivity contribution in [2.75, 3.05) is 0 Å². The second kappa shape index (κ2) is 5.05. The molecule has 0 bridgehead atoms. The van der Waals surface area contributed by atoms with Gasteiger partial charge >= 0.3 is 0 Å². The first-order valence-electron chi connectivity index (χ1n) is 5.51. The van der Waals surface area contributed by atoms with Gasteiger partial charge in [-0.25, -0.2) is 22.4 Å². The van der Waals surface area contributed by atoms with Gasteiger partial charge in [0, 0.05) is 17.1 Å². The van der Waals surface area contributed by atoms with Crippen LogP contribution in [0.15, 0.2) is 36.7 Å². The fraction of sp³-hybridized carbons (Fsp3) is 0. The number of hydrogen-bond acceptors (Lipinski definition) is 4. The van der Waals surface area contributed by atoms with Crippen LogP contribution in [0.2, 0.25) is 10.3 Å². The van der Waals surface area contributed by atoms with Crippen LogP contribution in [0, 0.1) is 0 Å². The van der Waals surface area contributed by atoms with E-state index in [1.807, 2.05) is 6.07 Å². The highest BCUT2D eigenvalue weighted by Gasteiger charge is 2.15. The Bertz CT molecular complexity index is 882. The van der Waals surface area contributed by atoms with E-state index in [2.05, 4.69) is 9.97 Å². The van der Waals surface area contributed by atoms with Gasteiger partial charge in [-0.1, -0.05) is 29.8 Å². The molecule has 0 spiro atoms. The minimum absolute atomic E-state index is 0.0488. The number of benzene rings is 1. The molecule has 2 heterocycles. The average molecular weight is 328 g/mol. The monoisotopic (exact) mass is 327 g/mol. The van der Waals surface area contributed by atoms with E-state index in [0.29, 0.717) is 21.8 Å². The van der Waals surface area contributed by atoms with E-state index >= 15 is 0 Å². The molecule has 0 aliphatic heterocycles. The Morgan fingerprint density at radius 1 is 1.15 bits per heavy atom. The van der Waals surface area contributed by atoms with E-state index in [-0.39, 0.29) is 5.28 Å². The van der Waals surface area contributed by atoms with Crippen molar-refractivity contribution in [1.82, 2.24) is 13.9 Å². The van der Waals surface area contributed by atoms with Crippen LogP contribution < -0.4 is 0 Å². The summed E-state index contributed by atoms with van der Waals surface area (Å²) in [7, 11) is -2.79. The van der Waals surface area contributed by atoms with Crippen LogP contribution in [0.3, 0.4) is 0 Å². The maximum atomic E-state index is 11.3. The quantitative estimate of drug-likeness (QED) is 0.580. The lowest BCUT2D eigenvalue weighted by Crippen LogP contribution is -1.92. The van der Waals surface area contributed by atoms with Gasteiger partial charge < -0.3 is 0 Å². The zero-order valence-electron chi connectivity index (χ0n) is 9.83. The third-order valence-corrected chi connectivity index (χ3v) is 3.98. The highest BCUT2D eigenvalue weighted by molar-refractivity contribution is 7.71. The van der Waals surface area contributed by atoms with Crippen LogP contribution in [0.4, 0.5) is 0 Å².